The molecule has 1 heterocycles. The summed E-state index contributed by atoms with van der Waals surface area (Å²) < 4.78 is 0. The predicted octanol–water partition coefficient (Wildman–Crippen LogP) is 3.33. The van der Waals surface area contributed by atoms with Gasteiger partial charge in [0.15, 0.2) is 0 Å². The number of rotatable bonds is 7. The molecule has 0 aliphatic heterocycles. The Labute approximate surface area is 159 Å². The Kier molecular flexibility index (Phi) is 6.91. The minimum atomic E-state index is -0.431. The number of benzene rings is 1. The Hall–Kier alpha value is -2.21. The van der Waals surface area contributed by atoms with Gasteiger partial charge in [-0.25, -0.2) is 4.98 Å². The van der Waals surface area contributed by atoms with E-state index in [1.807, 2.05) is 27.7 Å². The molecule has 0 spiro atoms. The Morgan fingerprint density at radius 1 is 1.08 bits per heavy atom. The highest BCUT2D eigenvalue weighted by Gasteiger charge is 2.20. The van der Waals surface area contributed by atoms with Gasteiger partial charge in [-0.2, -0.15) is 0 Å². The lowest BCUT2D eigenvalue weighted by molar-refractivity contribution is -0.128. The molecular weight excluding hydrogens is 346 g/mol. The maximum Gasteiger partial charge on any atom is 0.225 e. The van der Waals surface area contributed by atoms with Crippen LogP contribution in [0.5, 0.6) is 0 Å². The molecule has 0 saturated carbocycles. The van der Waals surface area contributed by atoms with Crippen LogP contribution in [-0.4, -0.2) is 29.9 Å². The first-order valence-electron chi connectivity index (χ1n) is 8.82. The number of carbonyl (C=O) groups is 2. The number of hydrogen-bond donors (Lipinski definition) is 2. The van der Waals surface area contributed by atoms with Crippen molar-refractivity contribution in [2.45, 2.75) is 40.5 Å². The SMILES string of the molecule is Cc1nc(-c2ccc(CCNC(=O)CCNC(=O)C(C)(C)C)cc2)cs1. The molecule has 0 fully saturated rings. The number of carbonyl (C=O) groups excluding carboxylic acids is 2. The Bertz CT molecular complexity index is 745. The molecule has 0 radical (unpaired) electrons. The van der Waals surface area contributed by atoms with Crippen molar-refractivity contribution < 1.29 is 9.59 Å². The van der Waals surface area contributed by atoms with E-state index >= 15 is 0 Å². The van der Waals surface area contributed by atoms with E-state index in [-0.39, 0.29) is 11.8 Å². The van der Waals surface area contributed by atoms with Crippen molar-refractivity contribution in [1.82, 2.24) is 15.6 Å². The number of aryl methyl sites for hydroxylation is 1. The second-order valence-corrected chi connectivity index (χ2v) is 8.37. The summed E-state index contributed by atoms with van der Waals surface area (Å²) >= 11 is 1.65. The second kappa shape index (κ2) is 8.94. The Balaban J connectivity index is 1.69. The van der Waals surface area contributed by atoms with Gasteiger partial charge in [0.05, 0.1) is 10.7 Å². The van der Waals surface area contributed by atoms with Crippen molar-refractivity contribution in [2.24, 2.45) is 5.41 Å². The van der Waals surface area contributed by atoms with Gasteiger partial charge >= 0.3 is 0 Å². The number of aromatic nitrogens is 1. The molecule has 0 unspecified atom stereocenters. The average molecular weight is 374 g/mol. The van der Waals surface area contributed by atoms with E-state index in [1.54, 1.807) is 11.3 Å². The third kappa shape index (κ3) is 6.26. The molecular formula is C20H27N3O2S. The van der Waals surface area contributed by atoms with E-state index in [0.717, 1.165) is 22.7 Å². The van der Waals surface area contributed by atoms with Gasteiger partial charge in [-0.05, 0) is 18.9 Å². The predicted molar refractivity (Wildman–Crippen MR) is 106 cm³/mol. The van der Waals surface area contributed by atoms with Crippen LogP contribution in [0.25, 0.3) is 11.3 Å². The van der Waals surface area contributed by atoms with Crippen LogP contribution in [0.2, 0.25) is 0 Å². The standard InChI is InChI=1S/C20H27N3O2S/c1-14-23-17(13-26-14)16-7-5-15(6-8-16)9-11-21-18(24)10-12-22-19(25)20(2,3)4/h5-8,13H,9-12H2,1-4H3,(H,21,24)(H,22,25). The lowest BCUT2D eigenvalue weighted by Gasteiger charge is -2.17. The summed E-state index contributed by atoms with van der Waals surface area (Å²) in [5.74, 6) is -0.0885. The summed E-state index contributed by atoms with van der Waals surface area (Å²) in [4.78, 5) is 28.0. The van der Waals surface area contributed by atoms with Crippen molar-refractivity contribution in [1.29, 1.82) is 0 Å². The quantitative estimate of drug-likeness (QED) is 0.782. The second-order valence-electron chi connectivity index (χ2n) is 7.30. The number of thiazole rings is 1. The van der Waals surface area contributed by atoms with Gasteiger partial charge in [-0.1, -0.05) is 45.0 Å². The van der Waals surface area contributed by atoms with Crippen LogP contribution < -0.4 is 10.6 Å². The van der Waals surface area contributed by atoms with Gasteiger partial charge < -0.3 is 10.6 Å². The zero-order valence-electron chi connectivity index (χ0n) is 15.9. The van der Waals surface area contributed by atoms with E-state index in [4.69, 9.17) is 0 Å². The maximum atomic E-state index is 11.8. The number of hydrogen-bond acceptors (Lipinski definition) is 4. The van der Waals surface area contributed by atoms with Gasteiger partial charge in [0.1, 0.15) is 0 Å². The largest absolute Gasteiger partial charge is 0.356 e. The molecule has 2 aromatic rings. The number of amides is 2. The fraction of sp³-hybridized carbons (Fsp3) is 0.450. The van der Waals surface area contributed by atoms with Crippen LogP contribution in [0, 0.1) is 12.3 Å². The first-order valence-corrected chi connectivity index (χ1v) is 9.70. The highest BCUT2D eigenvalue weighted by molar-refractivity contribution is 7.09. The fourth-order valence-electron chi connectivity index (χ4n) is 2.33. The molecule has 140 valence electrons. The summed E-state index contributed by atoms with van der Waals surface area (Å²) in [6.07, 6.45) is 1.07. The van der Waals surface area contributed by atoms with E-state index < -0.39 is 5.41 Å². The summed E-state index contributed by atoms with van der Waals surface area (Å²) in [5.41, 5.74) is 2.85. The van der Waals surface area contributed by atoms with Crippen LogP contribution in [0.4, 0.5) is 0 Å². The van der Waals surface area contributed by atoms with Gasteiger partial charge in [0, 0.05) is 35.9 Å². The molecule has 2 N–H and O–H groups in total. The molecule has 2 amide bonds. The average Bonchev–Trinajstić information content (AvgIpc) is 3.01. The van der Waals surface area contributed by atoms with Crippen LogP contribution in [0.15, 0.2) is 29.6 Å². The molecule has 0 saturated heterocycles. The van der Waals surface area contributed by atoms with Crippen LogP contribution in [0.1, 0.15) is 37.8 Å². The molecule has 0 atom stereocenters. The molecule has 26 heavy (non-hydrogen) atoms. The van der Waals surface area contributed by atoms with Crippen molar-refractivity contribution in [3.05, 3.63) is 40.2 Å². The number of nitrogens with one attached hydrogen (secondary N) is 2. The lowest BCUT2D eigenvalue weighted by Crippen LogP contribution is -2.37. The molecule has 5 nitrogen and oxygen atoms in total. The molecule has 0 aliphatic carbocycles. The van der Waals surface area contributed by atoms with Gasteiger partial charge in [0.2, 0.25) is 11.8 Å². The van der Waals surface area contributed by atoms with Crippen molar-refractivity contribution in [3.63, 3.8) is 0 Å². The van der Waals surface area contributed by atoms with Crippen LogP contribution in [0.3, 0.4) is 0 Å². The van der Waals surface area contributed by atoms with E-state index in [0.29, 0.717) is 19.5 Å². The van der Waals surface area contributed by atoms with Gasteiger partial charge in [-0.15, -0.1) is 11.3 Å². The van der Waals surface area contributed by atoms with E-state index in [1.165, 1.54) is 5.56 Å². The van der Waals surface area contributed by atoms with Crippen molar-refractivity contribution in [2.75, 3.05) is 13.1 Å². The van der Waals surface area contributed by atoms with Crippen LogP contribution >= 0.6 is 11.3 Å². The maximum absolute atomic E-state index is 11.8. The van der Waals surface area contributed by atoms with Crippen molar-refractivity contribution in [3.8, 4) is 11.3 Å². The minimum absolute atomic E-state index is 0.0410. The summed E-state index contributed by atoms with van der Waals surface area (Å²) in [6.45, 7) is 8.50. The Morgan fingerprint density at radius 3 is 2.35 bits per heavy atom. The van der Waals surface area contributed by atoms with Crippen LogP contribution in [-0.2, 0) is 16.0 Å². The molecule has 2 rings (SSSR count). The van der Waals surface area contributed by atoms with E-state index in [9.17, 15) is 9.59 Å². The highest BCUT2D eigenvalue weighted by atomic mass is 32.1. The summed E-state index contributed by atoms with van der Waals surface area (Å²) in [5, 5.41) is 8.79. The third-order valence-corrected chi connectivity index (χ3v) is 4.70. The zero-order valence-corrected chi connectivity index (χ0v) is 16.7. The molecule has 0 bridgehead atoms. The lowest BCUT2D eigenvalue weighted by atomic mass is 9.96. The highest BCUT2D eigenvalue weighted by Crippen LogP contribution is 2.21. The molecule has 0 aliphatic rings. The first kappa shape index (κ1) is 20.1. The normalized spacial score (nSPS) is 11.2. The topological polar surface area (TPSA) is 71.1 Å². The van der Waals surface area contributed by atoms with E-state index in [2.05, 4.69) is 45.3 Å². The summed E-state index contributed by atoms with van der Waals surface area (Å²) in [7, 11) is 0. The minimum Gasteiger partial charge on any atom is -0.356 e. The monoisotopic (exact) mass is 373 g/mol. The van der Waals surface area contributed by atoms with Gasteiger partial charge in [0.25, 0.3) is 0 Å². The smallest absolute Gasteiger partial charge is 0.225 e. The first-order chi connectivity index (χ1) is 12.3. The molecule has 1 aromatic carbocycles. The fourth-order valence-corrected chi connectivity index (χ4v) is 2.95. The van der Waals surface area contributed by atoms with Gasteiger partial charge in [-0.3, -0.25) is 9.59 Å². The molecule has 1 aromatic heterocycles. The summed E-state index contributed by atoms with van der Waals surface area (Å²) in [6, 6.07) is 8.26. The number of nitrogens with zero attached hydrogens (tertiary/aromatic N) is 1. The zero-order chi connectivity index (χ0) is 19.2. The Morgan fingerprint density at radius 2 is 1.77 bits per heavy atom. The third-order valence-electron chi connectivity index (χ3n) is 3.92. The molecule has 6 heteroatoms. The van der Waals surface area contributed by atoms with Crippen molar-refractivity contribution >= 4 is 23.2 Å².